The van der Waals surface area contributed by atoms with Crippen LogP contribution in [0.25, 0.3) is 22.5 Å². The van der Waals surface area contributed by atoms with E-state index in [1.165, 1.54) is 17.7 Å². The minimum Gasteiger partial charge on any atom is -0.481 e. The van der Waals surface area contributed by atoms with Crippen LogP contribution in [0.15, 0.2) is 78.9 Å². The van der Waals surface area contributed by atoms with Crippen molar-refractivity contribution in [1.29, 1.82) is 0 Å². The summed E-state index contributed by atoms with van der Waals surface area (Å²) in [4.78, 5) is 11.0. The second-order valence-electron chi connectivity index (χ2n) is 7.57. The van der Waals surface area contributed by atoms with Crippen LogP contribution in [0.4, 0.5) is 4.39 Å². The van der Waals surface area contributed by atoms with Gasteiger partial charge >= 0.3 is 5.97 Å². The number of ether oxygens (including phenoxy) is 1. The van der Waals surface area contributed by atoms with Crippen LogP contribution >= 0.6 is 0 Å². The highest BCUT2D eigenvalue weighted by Gasteiger charge is 2.16. The van der Waals surface area contributed by atoms with Gasteiger partial charge in [0.25, 0.3) is 0 Å². The molecule has 3 aromatic carbocycles. The highest BCUT2D eigenvalue weighted by atomic mass is 19.1. The third-order valence-corrected chi connectivity index (χ3v) is 5.12. The molecule has 0 amide bonds. The molecule has 1 N–H and O–H groups in total. The first-order valence-electron chi connectivity index (χ1n) is 10.3. The first-order chi connectivity index (χ1) is 15.5. The Bertz CT molecular complexity index is 1240. The summed E-state index contributed by atoms with van der Waals surface area (Å²) < 4.78 is 21.3. The third kappa shape index (κ3) is 5.03. The van der Waals surface area contributed by atoms with Crippen LogP contribution in [-0.2, 0) is 17.8 Å². The summed E-state index contributed by atoms with van der Waals surface area (Å²) in [6, 6.07) is 23.9. The van der Waals surface area contributed by atoms with Crippen LogP contribution in [0, 0.1) is 12.7 Å². The van der Waals surface area contributed by atoms with Crippen molar-refractivity contribution in [2.45, 2.75) is 19.9 Å². The average molecular weight is 430 g/mol. The molecule has 0 atom stereocenters. The number of nitrogens with zero attached hydrogens (tertiary/aromatic N) is 2. The molecule has 0 radical (unpaired) electrons. The van der Waals surface area contributed by atoms with Crippen molar-refractivity contribution in [2.24, 2.45) is 0 Å². The quantitative estimate of drug-likeness (QED) is 0.408. The first-order valence-corrected chi connectivity index (χ1v) is 10.3. The van der Waals surface area contributed by atoms with Gasteiger partial charge in [0.05, 0.1) is 11.4 Å². The van der Waals surface area contributed by atoms with Crippen molar-refractivity contribution >= 4 is 5.97 Å². The van der Waals surface area contributed by atoms with E-state index in [4.69, 9.17) is 14.9 Å². The maximum atomic E-state index is 14.0. The van der Waals surface area contributed by atoms with Crippen LogP contribution in [0.2, 0.25) is 0 Å². The standard InChI is InChI=1S/C26H23FN2O3/c1-18-10-11-25(32-17-26(30)31)22(14-18)23-16-24(20-8-5-9-21(27)15-20)29(28-23)13-12-19-6-3-2-4-7-19/h2-11,14-16H,12-13,17H2,1H3,(H,30,31). The summed E-state index contributed by atoms with van der Waals surface area (Å²) in [6.07, 6.45) is 0.764. The van der Waals surface area contributed by atoms with Gasteiger partial charge in [0, 0.05) is 17.7 Å². The van der Waals surface area contributed by atoms with Crippen LogP contribution in [0.1, 0.15) is 11.1 Å². The third-order valence-electron chi connectivity index (χ3n) is 5.12. The van der Waals surface area contributed by atoms with Gasteiger partial charge in [-0.15, -0.1) is 0 Å². The van der Waals surface area contributed by atoms with Gasteiger partial charge in [-0.25, -0.2) is 9.18 Å². The Balaban J connectivity index is 1.75. The molecule has 0 aliphatic rings. The summed E-state index contributed by atoms with van der Waals surface area (Å²) in [6.45, 7) is 2.11. The largest absolute Gasteiger partial charge is 0.481 e. The predicted octanol–water partition coefficient (Wildman–Crippen LogP) is 5.37. The van der Waals surface area contributed by atoms with Crippen molar-refractivity contribution in [2.75, 3.05) is 6.61 Å². The molecule has 4 rings (SSSR count). The van der Waals surface area contributed by atoms with Gasteiger partial charge in [-0.3, -0.25) is 4.68 Å². The molecule has 0 bridgehead atoms. The number of carboxylic acids is 1. The zero-order chi connectivity index (χ0) is 22.5. The minimum atomic E-state index is -1.05. The summed E-state index contributed by atoms with van der Waals surface area (Å²) in [5.41, 5.74) is 5.01. The lowest BCUT2D eigenvalue weighted by Crippen LogP contribution is -2.10. The monoisotopic (exact) mass is 430 g/mol. The van der Waals surface area contributed by atoms with E-state index in [0.29, 0.717) is 23.6 Å². The van der Waals surface area contributed by atoms with Crippen molar-refractivity contribution < 1.29 is 19.0 Å². The van der Waals surface area contributed by atoms with Gasteiger partial charge in [-0.1, -0.05) is 54.1 Å². The molecule has 0 unspecified atom stereocenters. The molecule has 0 saturated heterocycles. The van der Waals surface area contributed by atoms with Crippen LogP contribution < -0.4 is 4.74 Å². The Kier molecular flexibility index (Phi) is 6.31. The first kappa shape index (κ1) is 21.3. The van der Waals surface area contributed by atoms with E-state index in [9.17, 15) is 9.18 Å². The Hall–Kier alpha value is -3.93. The zero-order valence-electron chi connectivity index (χ0n) is 17.7. The predicted molar refractivity (Wildman–Crippen MR) is 121 cm³/mol. The fourth-order valence-corrected chi connectivity index (χ4v) is 3.59. The second-order valence-corrected chi connectivity index (χ2v) is 7.57. The van der Waals surface area contributed by atoms with Gasteiger partial charge in [0.1, 0.15) is 11.6 Å². The summed E-state index contributed by atoms with van der Waals surface area (Å²) in [5, 5.41) is 13.8. The number of hydrogen-bond donors (Lipinski definition) is 1. The van der Waals surface area contributed by atoms with Gasteiger partial charge in [-0.05, 0) is 49.2 Å². The molecule has 0 saturated carbocycles. The molecule has 0 spiro atoms. The number of rotatable bonds is 8. The summed E-state index contributed by atoms with van der Waals surface area (Å²) in [5.74, 6) is -0.928. The van der Waals surface area contributed by atoms with E-state index in [2.05, 4.69) is 12.1 Å². The SMILES string of the molecule is Cc1ccc(OCC(=O)O)c(-c2cc(-c3cccc(F)c3)n(CCc3ccccc3)n2)c1. The van der Waals surface area contributed by atoms with Crippen LogP contribution in [-0.4, -0.2) is 27.5 Å². The Morgan fingerprint density at radius 1 is 1.03 bits per heavy atom. The van der Waals surface area contributed by atoms with Gasteiger partial charge < -0.3 is 9.84 Å². The molecule has 32 heavy (non-hydrogen) atoms. The van der Waals surface area contributed by atoms with E-state index < -0.39 is 12.6 Å². The Morgan fingerprint density at radius 3 is 2.59 bits per heavy atom. The van der Waals surface area contributed by atoms with Crippen molar-refractivity contribution in [3.8, 4) is 28.3 Å². The molecule has 0 aliphatic heterocycles. The smallest absolute Gasteiger partial charge is 0.341 e. The second kappa shape index (κ2) is 9.47. The average Bonchev–Trinajstić information content (AvgIpc) is 3.21. The number of carbonyl (C=O) groups is 1. The molecule has 162 valence electrons. The number of hydrogen-bond acceptors (Lipinski definition) is 3. The highest BCUT2D eigenvalue weighted by molar-refractivity contribution is 5.74. The molecular formula is C26H23FN2O3. The van der Waals surface area contributed by atoms with Crippen molar-refractivity contribution in [3.63, 3.8) is 0 Å². The van der Waals surface area contributed by atoms with Gasteiger partial charge in [0.2, 0.25) is 0 Å². The number of halogens is 1. The highest BCUT2D eigenvalue weighted by Crippen LogP contribution is 2.33. The number of benzene rings is 3. The molecule has 5 nitrogen and oxygen atoms in total. The fraction of sp³-hybridized carbons (Fsp3) is 0.154. The lowest BCUT2D eigenvalue weighted by atomic mass is 10.1. The number of carboxylic acid groups (broad SMARTS) is 1. The van der Waals surface area contributed by atoms with E-state index in [-0.39, 0.29) is 5.82 Å². The van der Waals surface area contributed by atoms with Crippen molar-refractivity contribution in [3.05, 3.63) is 95.8 Å². The maximum absolute atomic E-state index is 14.0. The minimum absolute atomic E-state index is 0.319. The molecule has 4 aromatic rings. The normalized spacial score (nSPS) is 10.8. The van der Waals surface area contributed by atoms with E-state index in [1.807, 2.05) is 54.1 Å². The topological polar surface area (TPSA) is 64.3 Å². The van der Waals surface area contributed by atoms with Gasteiger partial charge in [-0.2, -0.15) is 5.10 Å². The van der Waals surface area contributed by atoms with Gasteiger partial charge in [0.15, 0.2) is 6.61 Å². The number of aromatic nitrogens is 2. The van der Waals surface area contributed by atoms with E-state index >= 15 is 0 Å². The molecule has 6 heteroatoms. The van der Waals surface area contributed by atoms with Crippen LogP contribution in [0.5, 0.6) is 5.75 Å². The molecule has 0 fully saturated rings. The Morgan fingerprint density at radius 2 is 1.84 bits per heavy atom. The number of aliphatic carboxylic acids is 1. The van der Waals surface area contributed by atoms with Crippen molar-refractivity contribution in [1.82, 2.24) is 9.78 Å². The fourth-order valence-electron chi connectivity index (χ4n) is 3.59. The van der Waals surface area contributed by atoms with E-state index in [1.54, 1.807) is 12.1 Å². The van der Waals surface area contributed by atoms with E-state index in [0.717, 1.165) is 23.2 Å². The lowest BCUT2D eigenvalue weighted by Gasteiger charge is -2.09. The zero-order valence-corrected chi connectivity index (χ0v) is 17.7. The maximum Gasteiger partial charge on any atom is 0.341 e. The summed E-state index contributed by atoms with van der Waals surface area (Å²) >= 11 is 0. The molecule has 1 heterocycles. The summed E-state index contributed by atoms with van der Waals surface area (Å²) in [7, 11) is 0. The molecule has 1 aromatic heterocycles. The molecular weight excluding hydrogens is 407 g/mol. The number of aryl methyl sites for hydroxylation is 3. The lowest BCUT2D eigenvalue weighted by molar-refractivity contribution is -0.139. The van der Waals surface area contributed by atoms with Crippen LogP contribution in [0.3, 0.4) is 0 Å². The molecule has 0 aliphatic carbocycles. The Labute approximate surface area is 185 Å².